The van der Waals surface area contributed by atoms with E-state index < -0.39 is 10.0 Å². The Labute approximate surface area is 148 Å². The number of rotatable bonds is 5. The third-order valence-corrected chi connectivity index (χ3v) is 4.83. The predicted molar refractivity (Wildman–Crippen MR) is 101 cm³/mol. The summed E-state index contributed by atoms with van der Waals surface area (Å²) >= 11 is 5.30. The summed E-state index contributed by atoms with van der Waals surface area (Å²) in [5.41, 5.74) is 3.12. The van der Waals surface area contributed by atoms with Crippen LogP contribution in [-0.4, -0.2) is 13.5 Å². The van der Waals surface area contributed by atoms with Crippen LogP contribution in [0.4, 0.5) is 5.69 Å². The monoisotopic (exact) mass is 363 g/mol. The fourth-order valence-corrected chi connectivity index (χ4v) is 3.03. The zero-order chi connectivity index (χ0) is 17.7. The number of nitrogens with one attached hydrogen (secondary N) is 2. The van der Waals surface area contributed by atoms with Crippen molar-refractivity contribution in [1.82, 2.24) is 5.32 Å². The first kappa shape index (κ1) is 18.4. The van der Waals surface area contributed by atoms with E-state index in [1.54, 1.807) is 12.1 Å². The van der Waals surface area contributed by atoms with Gasteiger partial charge in [0, 0.05) is 5.69 Å². The molecule has 5 nitrogen and oxygen atoms in total. The van der Waals surface area contributed by atoms with Gasteiger partial charge in [0.25, 0.3) is 0 Å². The lowest BCUT2D eigenvalue weighted by molar-refractivity contribution is 0.598. The van der Waals surface area contributed by atoms with Crippen molar-refractivity contribution in [3.63, 3.8) is 0 Å². The summed E-state index contributed by atoms with van der Waals surface area (Å²) in [6.45, 7) is 4.15. The second kappa shape index (κ2) is 7.74. The number of hydrogen-bond donors (Lipinski definition) is 3. The molecule has 1 unspecified atom stereocenters. The number of thiocarbonyl (C=S) groups is 1. The van der Waals surface area contributed by atoms with E-state index >= 15 is 0 Å². The number of aryl methyl sites for hydroxylation is 1. The Morgan fingerprint density at radius 1 is 1.12 bits per heavy atom. The number of benzene rings is 2. The number of anilines is 1. The van der Waals surface area contributed by atoms with Gasteiger partial charge in [-0.15, -0.1) is 0 Å². The summed E-state index contributed by atoms with van der Waals surface area (Å²) in [6.07, 6.45) is 1.01. The Kier molecular flexibility index (Phi) is 5.93. The summed E-state index contributed by atoms with van der Waals surface area (Å²) in [6, 6.07) is 14.6. The highest BCUT2D eigenvalue weighted by Gasteiger charge is 2.09. The third kappa shape index (κ3) is 5.02. The molecule has 0 saturated carbocycles. The molecule has 0 aliphatic heterocycles. The molecule has 0 radical (unpaired) electrons. The number of hydrogen-bond acceptors (Lipinski definition) is 3. The normalized spacial score (nSPS) is 12.5. The van der Waals surface area contributed by atoms with Gasteiger partial charge in [-0.25, -0.2) is 13.6 Å². The van der Waals surface area contributed by atoms with Crippen LogP contribution in [0, 0.1) is 0 Å². The Morgan fingerprint density at radius 2 is 1.71 bits per heavy atom. The minimum absolute atomic E-state index is 0.0552. The van der Waals surface area contributed by atoms with Crippen LogP contribution in [0.1, 0.15) is 31.0 Å². The van der Waals surface area contributed by atoms with Crippen molar-refractivity contribution < 1.29 is 8.42 Å². The zero-order valence-corrected chi connectivity index (χ0v) is 15.2. The van der Waals surface area contributed by atoms with E-state index in [9.17, 15) is 8.42 Å². The molecule has 1 atom stereocenters. The zero-order valence-electron chi connectivity index (χ0n) is 13.6. The van der Waals surface area contributed by atoms with Crippen LogP contribution in [0.15, 0.2) is 53.4 Å². The van der Waals surface area contributed by atoms with E-state index in [1.807, 2.05) is 6.92 Å². The molecular weight excluding hydrogens is 342 g/mol. The minimum Gasteiger partial charge on any atom is -0.356 e. The van der Waals surface area contributed by atoms with Gasteiger partial charge in [0.15, 0.2) is 5.11 Å². The Hall–Kier alpha value is -1.96. The maximum Gasteiger partial charge on any atom is 0.238 e. The topological polar surface area (TPSA) is 84.2 Å². The molecule has 0 aromatic heterocycles. The van der Waals surface area contributed by atoms with E-state index in [4.69, 9.17) is 17.4 Å². The molecule has 0 heterocycles. The summed E-state index contributed by atoms with van der Waals surface area (Å²) in [4.78, 5) is 0.0660. The third-order valence-electron chi connectivity index (χ3n) is 3.68. The molecule has 24 heavy (non-hydrogen) atoms. The number of sulfonamides is 1. The number of primary sulfonamides is 1. The van der Waals surface area contributed by atoms with E-state index in [-0.39, 0.29) is 10.9 Å². The van der Waals surface area contributed by atoms with Gasteiger partial charge in [-0.3, -0.25) is 0 Å². The van der Waals surface area contributed by atoms with Crippen LogP contribution in [0.5, 0.6) is 0 Å². The first-order valence-electron chi connectivity index (χ1n) is 7.59. The largest absolute Gasteiger partial charge is 0.356 e. The fourth-order valence-electron chi connectivity index (χ4n) is 2.22. The smallest absolute Gasteiger partial charge is 0.238 e. The molecule has 7 heteroatoms. The van der Waals surface area contributed by atoms with Gasteiger partial charge in [0.2, 0.25) is 10.0 Å². The highest BCUT2D eigenvalue weighted by atomic mass is 32.2. The molecule has 0 aliphatic carbocycles. The van der Waals surface area contributed by atoms with E-state index in [2.05, 4.69) is 41.8 Å². The predicted octanol–water partition coefficient (Wildman–Crippen LogP) is 2.94. The number of nitrogens with two attached hydrogens (primary N) is 1. The quantitative estimate of drug-likeness (QED) is 0.711. The summed E-state index contributed by atoms with van der Waals surface area (Å²) in [5, 5.41) is 11.8. The first-order valence-corrected chi connectivity index (χ1v) is 9.54. The first-order chi connectivity index (χ1) is 11.3. The van der Waals surface area contributed by atoms with Gasteiger partial charge in [-0.1, -0.05) is 31.2 Å². The average Bonchev–Trinajstić information content (AvgIpc) is 2.54. The lowest BCUT2D eigenvalue weighted by Gasteiger charge is -2.18. The van der Waals surface area contributed by atoms with Crippen LogP contribution in [-0.2, 0) is 16.4 Å². The SMILES string of the molecule is CCc1ccc(C(C)NC(=S)Nc2ccc(S(N)(=O)=O)cc2)cc1. The minimum atomic E-state index is -3.69. The molecule has 0 bridgehead atoms. The lowest BCUT2D eigenvalue weighted by Crippen LogP contribution is -2.30. The van der Waals surface area contributed by atoms with Crippen molar-refractivity contribution in [2.45, 2.75) is 31.2 Å². The van der Waals surface area contributed by atoms with Crippen molar-refractivity contribution in [3.8, 4) is 0 Å². The van der Waals surface area contributed by atoms with E-state index in [0.29, 0.717) is 10.8 Å². The van der Waals surface area contributed by atoms with Gasteiger partial charge in [-0.05, 0) is 61.0 Å². The molecule has 2 aromatic rings. The van der Waals surface area contributed by atoms with Crippen LogP contribution in [0.2, 0.25) is 0 Å². The molecular formula is C17H21N3O2S2. The maximum absolute atomic E-state index is 11.2. The van der Waals surface area contributed by atoms with Gasteiger partial charge in [0.05, 0.1) is 10.9 Å². The van der Waals surface area contributed by atoms with E-state index in [1.165, 1.54) is 17.7 Å². The molecule has 128 valence electrons. The molecule has 0 fully saturated rings. The second-order valence-electron chi connectivity index (χ2n) is 5.48. The molecule has 0 spiro atoms. The van der Waals surface area contributed by atoms with Crippen molar-refractivity contribution in [2.75, 3.05) is 5.32 Å². The lowest BCUT2D eigenvalue weighted by atomic mass is 10.1. The van der Waals surface area contributed by atoms with Crippen LogP contribution < -0.4 is 15.8 Å². The highest BCUT2D eigenvalue weighted by molar-refractivity contribution is 7.89. The van der Waals surface area contributed by atoms with Crippen molar-refractivity contribution in [1.29, 1.82) is 0 Å². The molecule has 0 saturated heterocycles. The Morgan fingerprint density at radius 3 is 2.21 bits per heavy atom. The van der Waals surface area contributed by atoms with Crippen molar-refractivity contribution in [3.05, 3.63) is 59.7 Å². The standard InChI is InChI=1S/C17H21N3O2S2/c1-3-13-4-6-14(7-5-13)12(2)19-17(23)20-15-8-10-16(11-9-15)24(18,21)22/h4-12H,3H2,1-2H3,(H2,18,21,22)(H2,19,20,23). The van der Waals surface area contributed by atoms with Gasteiger partial charge < -0.3 is 10.6 Å². The molecule has 2 aromatic carbocycles. The highest BCUT2D eigenvalue weighted by Crippen LogP contribution is 2.15. The second-order valence-corrected chi connectivity index (χ2v) is 7.45. The fraction of sp³-hybridized carbons (Fsp3) is 0.235. The van der Waals surface area contributed by atoms with Crippen LogP contribution >= 0.6 is 12.2 Å². The molecule has 4 N–H and O–H groups in total. The van der Waals surface area contributed by atoms with Gasteiger partial charge in [0.1, 0.15) is 0 Å². The summed E-state index contributed by atoms with van der Waals surface area (Å²) in [5.74, 6) is 0. The Balaban J connectivity index is 1.96. The molecule has 0 amide bonds. The van der Waals surface area contributed by atoms with Gasteiger partial charge >= 0.3 is 0 Å². The summed E-state index contributed by atoms with van der Waals surface area (Å²) in [7, 11) is -3.69. The Bertz CT molecular complexity index is 801. The van der Waals surface area contributed by atoms with Crippen LogP contribution in [0.3, 0.4) is 0 Å². The maximum atomic E-state index is 11.2. The van der Waals surface area contributed by atoms with Crippen molar-refractivity contribution in [2.24, 2.45) is 5.14 Å². The summed E-state index contributed by atoms with van der Waals surface area (Å²) < 4.78 is 22.5. The van der Waals surface area contributed by atoms with Crippen LogP contribution in [0.25, 0.3) is 0 Å². The molecule has 2 rings (SSSR count). The van der Waals surface area contributed by atoms with Crippen molar-refractivity contribution >= 4 is 33.0 Å². The average molecular weight is 364 g/mol. The van der Waals surface area contributed by atoms with Gasteiger partial charge in [-0.2, -0.15) is 0 Å². The van der Waals surface area contributed by atoms with E-state index in [0.717, 1.165) is 12.0 Å². The molecule has 0 aliphatic rings.